The second kappa shape index (κ2) is 5.26. The molecular formula is C11H12N4O3. The van der Waals surface area contributed by atoms with Gasteiger partial charge in [-0.25, -0.2) is 19.4 Å². The summed E-state index contributed by atoms with van der Waals surface area (Å²) in [5, 5.41) is 3.98. The smallest absolute Gasteiger partial charge is 0.377 e. The van der Waals surface area contributed by atoms with E-state index < -0.39 is 5.97 Å². The van der Waals surface area contributed by atoms with Crippen LogP contribution < -0.4 is 4.74 Å². The summed E-state index contributed by atoms with van der Waals surface area (Å²) in [5.74, 6) is -0.00597. The maximum absolute atomic E-state index is 11.2. The normalized spacial score (nSPS) is 10.1. The van der Waals surface area contributed by atoms with Crippen molar-refractivity contribution in [3.63, 3.8) is 0 Å². The molecule has 0 aliphatic heterocycles. The third-order valence-corrected chi connectivity index (χ3v) is 2.22. The molecule has 0 unspecified atom stereocenters. The molecule has 0 atom stereocenters. The Morgan fingerprint density at radius 1 is 1.39 bits per heavy atom. The van der Waals surface area contributed by atoms with Crippen LogP contribution in [0.1, 0.15) is 16.3 Å². The minimum absolute atomic E-state index is 0.0281. The molecule has 2 aromatic rings. The molecule has 0 N–H and O–H groups in total. The van der Waals surface area contributed by atoms with Crippen molar-refractivity contribution in [2.75, 3.05) is 14.2 Å². The minimum Gasteiger partial charge on any atom is -0.481 e. The second-order valence-corrected chi connectivity index (χ2v) is 3.43. The largest absolute Gasteiger partial charge is 0.481 e. The van der Waals surface area contributed by atoms with E-state index in [4.69, 9.17) is 4.74 Å². The fourth-order valence-electron chi connectivity index (χ4n) is 1.38. The van der Waals surface area contributed by atoms with Crippen LogP contribution in [0.4, 0.5) is 0 Å². The number of aromatic nitrogens is 4. The topological polar surface area (TPSA) is 79.1 Å². The van der Waals surface area contributed by atoms with Crippen molar-refractivity contribution in [1.29, 1.82) is 0 Å². The first kappa shape index (κ1) is 12.0. The number of carbonyl (C=O) groups excluding carboxylic acids is 1. The van der Waals surface area contributed by atoms with Crippen LogP contribution in [0.15, 0.2) is 24.5 Å². The number of methoxy groups -OCH3 is 2. The predicted molar refractivity (Wildman–Crippen MR) is 61.3 cm³/mol. The average molecular weight is 248 g/mol. The zero-order valence-electron chi connectivity index (χ0n) is 10.0. The molecule has 0 radical (unpaired) electrons. The third-order valence-electron chi connectivity index (χ3n) is 2.22. The lowest BCUT2D eigenvalue weighted by molar-refractivity contribution is 0.0586. The molecule has 0 spiro atoms. The lowest BCUT2D eigenvalue weighted by atomic mass is 10.3. The molecule has 0 saturated heterocycles. The van der Waals surface area contributed by atoms with Crippen molar-refractivity contribution in [2.45, 2.75) is 6.54 Å². The van der Waals surface area contributed by atoms with E-state index in [9.17, 15) is 4.79 Å². The molecule has 94 valence electrons. The Balaban J connectivity index is 2.13. The first-order valence-electron chi connectivity index (χ1n) is 5.20. The molecule has 7 nitrogen and oxygen atoms in total. The SMILES string of the molecule is COC(=O)c1ncn(Cc2cccc(OC)n2)n1. The highest BCUT2D eigenvalue weighted by Gasteiger charge is 2.11. The third kappa shape index (κ3) is 2.62. The maximum atomic E-state index is 11.2. The molecule has 2 rings (SSSR count). The summed E-state index contributed by atoms with van der Waals surface area (Å²) in [6, 6.07) is 5.42. The van der Waals surface area contributed by atoms with Gasteiger partial charge in [0.15, 0.2) is 0 Å². The number of esters is 1. The number of pyridine rings is 1. The number of rotatable bonds is 4. The van der Waals surface area contributed by atoms with Crippen molar-refractivity contribution in [1.82, 2.24) is 19.7 Å². The van der Waals surface area contributed by atoms with Crippen LogP contribution in [0.25, 0.3) is 0 Å². The highest BCUT2D eigenvalue weighted by Crippen LogP contribution is 2.07. The van der Waals surface area contributed by atoms with Gasteiger partial charge in [0.05, 0.1) is 26.5 Å². The van der Waals surface area contributed by atoms with Crippen LogP contribution in [-0.2, 0) is 11.3 Å². The van der Waals surface area contributed by atoms with Gasteiger partial charge in [-0.1, -0.05) is 6.07 Å². The molecule has 2 heterocycles. The van der Waals surface area contributed by atoms with Crippen molar-refractivity contribution < 1.29 is 14.3 Å². The van der Waals surface area contributed by atoms with E-state index >= 15 is 0 Å². The number of ether oxygens (including phenoxy) is 2. The molecule has 0 aromatic carbocycles. The second-order valence-electron chi connectivity index (χ2n) is 3.43. The highest BCUT2D eigenvalue weighted by atomic mass is 16.5. The van der Waals surface area contributed by atoms with Gasteiger partial charge in [-0.3, -0.25) is 0 Å². The Bertz CT molecular complexity index is 553. The molecule has 0 aliphatic rings. The maximum Gasteiger partial charge on any atom is 0.377 e. The molecule has 7 heteroatoms. The zero-order chi connectivity index (χ0) is 13.0. The highest BCUT2D eigenvalue weighted by molar-refractivity contribution is 5.84. The number of nitrogens with zero attached hydrogens (tertiary/aromatic N) is 4. The number of hydrogen-bond acceptors (Lipinski definition) is 6. The summed E-state index contributed by atoms with van der Waals surface area (Å²) in [6.45, 7) is 0.404. The van der Waals surface area contributed by atoms with E-state index in [0.29, 0.717) is 12.4 Å². The molecule has 18 heavy (non-hydrogen) atoms. The Morgan fingerprint density at radius 2 is 2.22 bits per heavy atom. The lowest BCUT2D eigenvalue weighted by Gasteiger charge is -2.02. The summed E-state index contributed by atoms with van der Waals surface area (Å²) in [6.07, 6.45) is 1.45. The van der Waals surface area contributed by atoms with Gasteiger partial charge in [-0.05, 0) is 6.07 Å². The van der Waals surface area contributed by atoms with Gasteiger partial charge in [0.2, 0.25) is 5.88 Å². The molecule has 0 amide bonds. The van der Waals surface area contributed by atoms with Crippen LogP contribution in [0, 0.1) is 0 Å². The van der Waals surface area contributed by atoms with E-state index in [2.05, 4.69) is 19.8 Å². The van der Waals surface area contributed by atoms with Crippen LogP contribution >= 0.6 is 0 Å². The fraction of sp³-hybridized carbons (Fsp3) is 0.273. The summed E-state index contributed by atoms with van der Waals surface area (Å²) in [4.78, 5) is 19.3. The van der Waals surface area contributed by atoms with Gasteiger partial charge in [0, 0.05) is 6.07 Å². The first-order chi connectivity index (χ1) is 8.72. The monoisotopic (exact) mass is 248 g/mol. The quantitative estimate of drug-likeness (QED) is 0.734. The van der Waals surface area contributed by atoms with Gasteiger partial charge in [0.1, 0.15) is 6.33 Å². The van der Waals surface area contributed by atoms with E-state index in [1.165, 1.54) is 18.1 Å². The van der Waals surface area contributed by atoms with Crippen molar-refractivity contribution in [2.24, 2.45) is 0 Å². The summed E-state index contributed by atoms with van der Waals surface area (Å²) >= 11 is 0. The van der Waals surface area contributed by atoms with Gasteiger partial charge in [-0.15, -0.1) is 5.10 Å². The first-order valence-corrected chi connectivity index (χ1v) is 5.20. The predicted octanol–water partition coefficient (Wildman–Crippen LogP) is 0.517. The Morgan fingerprint density at radius 3 is 2.94 bits per heavy atom. The van der Waals surface area contributed by atoms with Gasteiger partial charge >= 0.3 is 5.97 Å². The van der Waals surface area contributed by atoms with Gasteiger partial charge in [0.25, 0.3) is 5.82 Å². The van der Waals surface area contributed by atoms with Crippen molar-refractivity contribution in [3.05, 3.63) is 36.0 Å². The molecule has 2 aromatic heterocycles. The molecule has 0 bridgehead atoms. The molecule has 0 fully saturated rings. The van der Waals surface area contributed by atoms with Gasteiger partial charge in [-0.2, -0.15) is 0 Å². The molecule has 0 saturated carbocycles. The van der Waals surface area contributed by atoms with Gasteiger partial charge < -0.3 is 9.47 Å². The summed E-state index contributed by atoms with van der Waals surface area (Å²) < 4.78 is 11.1. The molecular weight excluding hydrogens is 236 g/mol. The summed E-state index contributed by atoms with van der Waals surface area (Å²) in [7, 11) is 2.84. The lowest BCUT2D eigenvalue weighted by Crippen LogP contribution is -2.07. The minimum atomic E-state index is -0.563. The average Bonchev–Trinajstić information content (AvgIpc) is 2.86. The zero-order valence-corrected chi connectivity index (χ0v) is 10.0. The Hall–Kier alpha value is -2.44. The van der Waals surface area contributed by atoms with Crippen LogP contribution in [0.2, 0.25) is 0 Å². The van der Waals surface area contributed by atoms with E-state index in [1.54, 1.807) is 13.2 Å². The van der Waals surface area contributed by atoms with Crippen LogP contribution in [0.3, 0.4) is 0 Å². The number of hydrogen-bond donors (Lipinski definition) is 0. The Labute approximate surface area is 103 Å². The van der Waals surface area contributed by atoms with E-state index in [1.807, 2.05) is 12.1 Å². The van der Waals surface area contributed by atoms with Crippen LogP contribution in [-0.4, -0.2) is 39.9 Å². The van der Waals surface area contributed by atoms with E-state index in [0.717, 1.165) is 5.69 Å². The molecule has 0 aliphatic carbocycles. The Kier molecular flexibility index (Phi) is 3.52. The summed E-state index contributed by atoms with van der Waals surface area (Å²) in [5.41, 5.74) is 0.760. The van der Waals surface area contributed by atoms with E-state index in [-0.39, 0.29) is 5.82 Å². The van der Waals surface area contributed by atoms with Crippen LogP contribution in [0.5, 0.6) is 5.88 Å². The van der Waals surface area contributed by atoms with Crippen molar-refractivity contribution in [3.8, 4) is 5.88 Å². The standard InChI is InChI=1S/C11H12N4O3/c1-17-9-5-3-4-8(13-9)6-15-7-12-10(14-15)11(16)18-2/h3-5,7H,6H2,1-2H3. The number of carbonyl (C=O) groups is 1. The fourth-order valence-corrected chi connectivity index (χ4v) is 1.38. The van der Waals surface area contributed by atoms with Crippen molar-refractivity contribution >= 4 is 5.97 Å².